The molecule has 1 fully saturated rings. The number of hydrogen-bond acceptors (Lipinski definition) is 3. The largest absolute Gasteiger partial charge is 0.292 e. The Morgan fingerprint density at radius 1 is 1.10 bits per heavy atom. The number of Topliss-reactive ketones (excluding diaryl/α,β-unsaturated/α-hetero) is 1. The molecule has 4 nitrogen and oxygen atoms in total. The first-order valence-electron chi connectivity index (χ1n) is 7.49. The smallest absolute Gasteiger partial charge is 0.233 e. The highest BCUT2D eigenvalue weighted by Gasteiger charge is 2.42. The molecule has 0 spiro atoms. The Hall–Kier alpha value is -1.97. The molecule has 0 radical (unpaired) electrons. The topological polar surface area (TPSA) is 54.5 Å². The van der Waals surface area contributed by atoms with E-state index < -0.39 is 0 Å². The first-order chi connectivity index (χ1) is 9.99. The summed E-state index contributed by atoms with van der Waals surface area (Å²) < 4.78 is 0. The molecular weight excluding hydrogens is 266 g/mol. The Labute approximate surface area is 124 Å². The van der Waals surface area contributed by atoms with Crippen LogP contribution in [-0.2, 0) is 22.4 Å². The normalized spacial score (nSPS) is 24.6. The van der Waals surface area contributed by atoms with E-state index in [1.54, 1.807) is 13.8 Å². The van der Waals surface area contributed by atoms with Gasteiger partial charge in [0.2, 0.25) is 11.8 Å². The van der Waals surface area contributed by atoms with Gasteiger partial charge < -0.3 is 0 Å². The molecule has 0 aromatic heterocycles. The molecule has 1 aliphatic carbocycles. The van der Waals surface area contributed by atoms with Crippen molar-refractivity contribution in [1.82, 2.24) is 4.90 Å². The minimum Gasteiger partial charge on any atom is -0.292 e. The Kier molecular flexibility index (Phi) is 3.40. The summed E-state index contributed by atoms with van der Waals surface area (Å²) in [6.45, 7) is 3.35. The highest BCUT2D eigenvalue weighted by Crippen LogP contribution is 2.26. The maximum atomic E-state index is 12.4. The average molecular weight is 285 g/mol. The predicted octanol–water partition coefficient (Wildman–Crippen LogP) is 2.00. The number of carbonyl (C=O) groups is 3. The summed E-state index contributed by atoms with van der Waals surface area (Å²) in [5.41, 5.74) is 3.13. The van der Waals surface area contributed by atoms with E-state index >= 15 is 0 Å². The molecule has 2 amide bonds. The number of imide groups is 1. The van der Waals surface area contributed by atoms with Crippen molar-refractivity contribution >= 4 is 17.6 Å². The summed E-state index contributed by atoms with van der Waals surface area (Å²) in [7, 11) is 0. The molecule has 1 saturated heterocycles. The van der Waals surface area contributed by atoms with E-state index in [0.29, 0.717) is 5.56 Å². The molecule has 1 aromatic rings. The maximum absolute atomic E-state index is 12.4. The molecule has 1 heterocycles. The Bertz CT molecular complexity index is 615. The quantitative estimate of drug-likeness (QED) is 0.630. The number of nitrogens with zero attached hydrogens (tertiary/aromatic N) is 1. The molecule has 1 aromatic carbocycles. The van der Waals surface area contributed by atoms with Crippen molar-refractivity contribution in [2.45, 2.75) is 33.1 Å². The van der Waals surface area contributed by atoms with Gasteiger partial charge in [-0.2, -0.15) is 0 Å². The highest BCUT2D eigenvalue weighted by molar-refractivity contribution is 6.09. The van der Waals surface area contributed by atoms with E-state index in [0.717, 1.165) is 24.2 Å². The molecular formula is C17H19NO3. The van der Waals surface area contributed by atoms with Gasteiger partial charge in [0.1, 0.15) is 0 Å². The zero-order valence-corrected chi connectivity index (χ0v) is 12.4. The van der Waals surface area contributed by atoms with Crippen LogP contribution in [-0.4, -0.2) is 29.0 Å². The zero-order chi connectivity index (χ0) is 15.1. The van der Waals surface area contributed by atoms with Gasteiger partial charge in [-0.25, -0.2) is 0 Å². The van der Waals surface area contributed by atoms with Gasteiger partial charge in [-0.3, -0.25) is 19.3 Å². The van der Waals surface area contributed by atoms with Gasteiger partial charge in [0.25, 0.3) is 0 Å². The van der Waals surface area contributed by atoms with Gasteiger partial charge >= 0.3 is 0 Å². The zero-order valence-electron chi connectivity index (χ0n) is 12.4. The molecule has 3 rings (SSSR count). The summed E-state index contributed by atoms with van der Waals surface area (Å²) >= 11 is 0. The van der Waals surface area contributed by atoms with Crippen LogP contribution >= 0.6 is 0 Å². The van der Waals surface area contributed by atoms with Crippen LogP contribution in [0.25, 0.3) is 0 Å². The van der Waals surface area contributed by atoms with Crippen molar-refractivity contribution in [2.24, 2.45) is 11.8 Å². The summed E-state index contributed by atoms with van der Waals surface area (Å²) in [4.78, 5) is 37.5. The number of likely N-dealkylation sites (tertiary alicyclic amines) is 1. The summed E-state index contributed by atoms with van der Waals surface area (Å²) in [5, 5.41) is 0. The molecule has 0 bridgehead atoms. The van der Waals surface area contributed by atoms with Crippen molar-refractivity contribution in [3.63, 3.8) is 0 Å². The van der Waals surface area contributed by atoms with Crippen molar-refractivity contribution in [1.29, 1.82) is 0 Å². The highest BCUT2D eigenvalue weighted by atomic mass is 16.2. The van der Waals surface area contributed by atoms with Gasteiger partial charge in [-0.05, 0) is 36.5 Å². The standard InChI is InChI=1S/C17H19NO3/c1-10-11(2)17(21)18(16(10)20)9-15(19)14-7-6-12-4-3-5-13(12)8-14/h6-8,10-11H,3-5,9H2,1-2H3. The molecule has 21 heavy (non-hydrogen) atoms. The third kappa shape index (κ3) is 2.28. The maximum Gasteiger partial charge on any atom is 0.233 e. The fourth-order valence-corrected chi connectivity index (χ4v) is 3.16. The van der Waals surface area contributed by atoms with Crippen LogP contribution in [0.4, 0.5) is 0 Å². The van der Waals surface area contributed by atoms with Crippen LogP contribution in [0.5, 0.6) is 0 Å². The molecule has 2 unspecified atom stereocenters. The number of rotatable bonds is 3. The van der Waals surface area contributed by atoms with Gasteiger partial charge in [0, 0.05) is 17.4 Å². The lowest BCUT2D eigenvalue weighted by atomic mass is 10.00. The van der Waals surface area contributed by atoms with Crippen molar-refractivity contribution < 1.29 is 14.4 Å². The van der Waals surface area contributed by atoms with E-state index in [9.17, 15) is 14.4 Å². The molecule has 2 aliphatic rings. The number of benzene rings is 1. The van der Waals surface area contributed by atoms with Crippen LogP contribution in [0.15, 0.2) is 18.2 Å². The number of hydrogen-bond donors (Lipinski definition) is 0. The van der Waals surface area contributed by atoms with Crippen LogP contribution < -0.4 is 0 Å². The number of amides is 2. The van der Waals surface area contributed by atoms with Gasteiger partial charge in [-0.15, -0.1) is 0 Å². The van der Waals surface area contributed by atoms with Crippen LogP contribution in [0.3, 0.4) is 0 Å². The Morgan fingerprint density at radius 2 is 1.71 bits per heavy atom. The van der Waals surface area contributed by atoms with Crippen LogP contribution in [0, 0.1) is 11.8 Å². The second-order valence-corrected chi connectivity index (χ2v) is 6.10. The average Bonchev–Trinajstić information content (AvgIpc) is 3.02. The lowest BCUT2D eigenvalue weighted by Gasteiger charge is -2.14. The summed E-state index contributed by atoms with van der Waals surface area (Å²) in [6, 6.07) is 5.72. The van der Waals surface area contributed by atoms with Crippen molar-refractivity contribution in [3.8, 4) is 0 Å². The van der Waals surface area contributed by atoms with Crippen molar-refractivity contribution in [2.75, 3.05) is 6.54 Å². The third-order valence-corrected chi connectivity index (χ3v) is 4.78. The fourth-order valence-electron chi connectivity index (χ4n) is 3.16. The first-order valence-corrected chi connectivity index (χ1v) is 7.49. The third-order valence-electron chi connectivity index (χ3n) is 4.78. The Balaban J connectivity index is 1.78. The first kappa shape index (κ1) is 14.0. The molecule has 1 aliphatic heterocycles. The number of carbonyl (C=O) groups excluding carboxylic acids is 3. The summed E-state index contributed by atoms with van der Waals surface area (Å²) in [6.07, 6.45) is 3.21. The SMILES string of the molecule is CC1C(=O)N(CC(=O)c2ccc3c(c2)CCC3)C(=O)C1C. The number of ketones is 1. The van der Waals surface area contributed by atoms with Gasteiger partial charge in [0.15, 0.2) is 5.78 Å². The fraction of sp³-hybridized carbons (Fsp3) is 0.471. The molecule has 4 heteroatoms. The second-order valence-electron chi connectivity index (χ2n) is 6.10. The monoisotopic (exact) mass is 285 g/mol. The van der Waals surface area contributed by atoms with E-state index in [4.69, 9.17) is 0 Å². The predicted molar refractivity (Wildman–Crippen MR) is 77.8 cm³/mol. The summed E-state index contributed by atoms with van der Waals surface area (Å²) in [5.74, 6) is -1.28. The molecule has 2 atom stereocenters. The molecule has 0 saturated carbocycles. The second kappa shape index (κ2) is 5.10. The van der Waals surface area contributed by atoms with E-state index in [-0.39, 0.29) is 36.0 Å². The molecule has 110 valence electrons. The number of aryl methyl sites for hydroxylation is 2. The van der Waals surface area contributed by atoms with E-state index in [1.165, 1.54) is 11.1 Å². The van der Waals surface area contributed by atoms with E-state index in [1.807, 2.05) is 18.2 Å². The van der Waals surface area contributed by atoms with E-state index in [2.05, 4.69) is 0 Å². The van der Waals surface area contributed by atoms with Crippen LogP contribution in [0.1, 0.15) is 41.8 Å². The van der Waals surface area contributed by atoms with Gasteiger partial charge in [-0.1, -0.05) is 26.0 Å². The molecule has 0 N–H and O–H groups in total. The number of fused-ring (bicyclic) bond motifs is 1. The van der Waals surface area contributed by atoms with Crippen LogP contribution in [0.2, 0.25) is 0 Å². The minimum absolute atomic E-state index is 0.134. The van der Waals surface area contributed by atoms with Crippen molar-refractivity contribution in [3.05, 3.63) is 34.9 Å². The minimum atomic E-state index is -0.328. The lowest BCUT2D eigenvalue weighted by molar-refractivity contribution is -0.139. The lowest BCUT2D eigenvalue weighted by Crippen LogP contribution is -2.35. The Morgan fingerprint density at radius 3 is 2.38 bits per heavy atom. The van der Waals surface area contributed by atoms with Gasteiger partial charge in [0.05, 0.1) is 6.54 Å².